The predicted octanol–water partition coefficient (Wildman–Crippen LogP) is 4.82. The van der Waals surface area contributed by atoms with E-state index in [1.54, 1.807) is 7.11 Å². The number of hydrogen-bond acceptors (Lipinski definition) is 4. The molecule has 0 saturated heterocycles. The van der Waals surface area contributed by atoms with Crippen LogP contribution in [0.2, 0.25) is 5.02 Å². The highest BCUT2D eigenvalue weighted by atomic mass is 35.5. The number of halogens is 1. The van der Waals surface area contributed by atoms with Gasteiger partial charge in [0, 0.05) is 24.2 Å². The van der Waals surface area contributed by atoms with Crippen LogP contribution in [0.25, 0.3) is 0 Å². The SMILES string of the molecule is COc1ccc(CC2CNc3c(N)cc(Cl)cc3CN2CCC(C)C)cc1. The zero-order valence-electron chi connectivity index (χ0n) is 16.5. The largest absolute Gasteiger partial charge is 0.497 e. The van der Waals surface area contributed by atoms with E-state index in [0.717, 1.165) is 43.2 Å². The minimum Gasteiger partial charge on any atom is -0.497 e. The minimum absolute atomic E-state index is 0.391. The topological polar surface area (TPSA) is 50.5 Å². The van der Waals surface area contributed by atoms with E-state index in [0.29, 0.717) is 17.0 Å². The summed E-state index contributed by atoms with van der Waals surface area (Å²) < 4.78 is 5.28. The maximum atomic E-state index is 6.27. The van der Waals surface area contributed by atoms with Crippen molar-refractivity contribution in [2.75, 3.05) is 31.2 Å². The molecule has 3 N–H and O–H groups in total. The van der Waals surface area contributed by atoms with Crippen LogP contribution in [0.1, 0.15) is 31.4 Å². The molecule has 5 heteroatoms. The number of methoxy groups -OCH3 is 1. The molecule has 1 heterocycles. The molecule has 1 atom stereocenters. The van der Waals surface area contributed by atoms with E-state index in [1.165, 1.54) is 17.5 Å². The van der Waals surface area contributed by atoms with Crippen LogP contribution in [-0.4, -0.2) is 31.1 Å². The molecular formula is C22H30ClN3O. The molecule has 0 bridgehead atoms. The summed E-state index contributed by atoms with van der Waals surface area (Å²) in [5.74, 6) is 1.57. The van der Waals surface area contributed by atoms with Crippen molar-refractivity contribution in [3.63, 3.8) is 0 Å². The highest BCUT2D eigenvalue weighted by Gasteiger charge is 2.25. The third-order valence-corrected chi connectivity index (χ3v) is 5.46. The number of nitrogen functional groups attached to an aromatic ring is 1. The molecule has 0 spiro atoms. The van der Waals surface area contributed by atoms with Gasteiger partial charge in [-0.3, -0.25) is 4.90 Å². The van der Waals surface area contributed by atoms with Gasteiger partial charge >= 0.3 is 0 Å². The molecule has 0 radical (unpaired) electrons. The molecule has 3 rings (SSSR count). The molecule has 0 amide bonds. The first-order chi connectivity index (χ1) is 13.0. The van der Waals surface area contributed by atoms with Crippen molar-refractivity contribution < 1.29 is 4.74 Å². The van der Waals surface area contributed by atoms with Gasteiger partial charge in [0.05, 0.1) is 18.5 Å². The first kappa shape index (κ1) is 19.8. The molecule has 1 aliphatic rings. The van der Waals surface area contributed by atoms with Crippen LogP contribution in [0.4, 0.5) is 11.4 Å². The third-order valence-electron chi connectivity index (χ3n) is 5.24. The molecule has 0 saturated carbocycles. The summed E-state index contributed by atoms with van der Waals surface area (Å²) in [7, 11) is 1.70. The van der Waals surface area contributed by atoms with E-state index in [-0.39, 0.29) is 0 Å². The summed E-state index contributed by atoms with van der Waals surface area (Å²) in [6.45, 7) is 7.34. The monoisotopic (exact) mass is 387 g/mol. The van der Waals surface area contributed by atoms with Crippen molar-refractivity contribution in [1.82, 2.24) is 4.90 Å². The molecule has 27 heavy (non-hydrogen) atoms. The summed E-state index contributed by atoms with van der Waals surface area (Å²) in [5, 5.41) is 4.28. The fourth-order valence-electron chi connectivity index (χ4n) is 3.64. The summed E-state index contributed by atoms with van der Waals surface area (Å²) in [6.07, 6.45) is 2.15. The van der Waals surface area contributed by atoms with E-state index in [4.69, 9.17) is 22.1 Å². The second-order valence-corrected chi connectivity index (χ2v) is 8.21. The van der Waals surface area contributed by atoms with E-state index < -0.39 is 0 Å². The number of nitrogens with one attached hydrogen (secondary N) is 1. The average molecular weight is 388 g/mol. The van der Waals surface area contributed by atoms with Crippen LogP contribution in [0.3, 0.4) is 0 Å². The van der Waals surface area contributed by atoms with Crippen LogP contribution in [0, 0.1) is 5.92 Å². The first-order valence-corrected chi connectivity index (χ1v) is 10.0. The highest BCUT2D eigenvalue weighted by molar-refractivity contribution is 6.31. The second-order valence-electron chi connectivity index (χ2n) is 7.77. The number of nitrogens with zero attached hydrogens (tertiary/aromatic N) is 1. The van der Waals surface area contributed by atoms with Crippen LogP contribution in [-0.2, 0) is 13.0 Å². The van der Waals surface area contributed by atoms with Crippen LogP contribution >= 0.6 is 11.6 Å². The van der Waals surface area contributed by atoms with E-state index in [2.05, 4.69) is 36.2 Å². The molecule has 0 fully saturated rings. The van der Waals surface area contributed by atoms with Crippen LogP contribution in [0.5, 0.6) is 5.75 Å². The van der Waals surface area contributed by atoms with E-state index in [1.807, 2.05) is 24.3 Å². The Morgan fingerprint density at radius 3 is 2.67 bits per heavy atom. The van der Waals surface area contributed by atoms with Crippen LogP contribution < -0.4 is 15.8 Å². The molecule has 4 nitrogen and oxygen atoms in total. The van der Waals surface area contributed by atoms with Gasteiger partial charge in [0.1, 0.15) is 5.75 Å². The standard InChI is InChI=1S/C22H30ClN3O/c1-15(2)8-9-26-14-17-11-18(23)12-21(24)22(17)25-13-19(26)10-16-4-6-20(27-3)7-5-16/h4-7,11-12,15,19,25H,8-10,13-14,24H2,1-3H3. The Hall–Kier alpha value is -1.91. The molecule has 2 aromatic carbocycles. The molecule has 146 valence electrons. The Labute approximate surface area is 167 Å². The van der Waals surface area contributed by atoms with Gasteiger partial charge in [-0.15, -0.1) is 0 Å². The lowest BCUT2D eigenvalue weighted by Gasteiger charge is -2.30. The van der Waals surface area contributed by atoms with Gasteiger partial charge in [-0.25, -0.2) is 0 Å². The summed E-state index contributed by atoms with van der Waals surface area (Å²) >= 11 is 6.27. The Kier molecular flexibility index (Phi) is 6.51. The zero-order chi connectivity index (χ0) is 19.4. The highest BCUT2D eigenvalue weighted by Crippen LogP contribution is 2.32. The van der Waals surface area contributed by atoms with Crippen molar-refractivity contribution in [3.05, 3.63) is 52.5 Å². The van der Waals surface area contributed by atoms with Gasteiger partial charge in [0.15, 0.2) is 0 Å². The van der Waals surface area contributed by atoms with E-state index >= 15 is 0 Å². The van der Waals surface area contributed by atoms with Gasteiger partial charge < -0.3 is 15.8 Å². The summed E-state index contributed by atoms with van der Waals surface area (Å²) in [6, 6.07) is 12.6. The minimum atomic E-state index is 0.391. The fraction of sp³-hybridized carbons (Fsp3) is 0.455. The lowest BCUT2D eigenvalue weighted by molar-refractivity contribution is 0.187. The summed E-state index contributed by atoms with van der Waals surface area (Å²) in [5.41, 5.74) is 10.5. The smallest absolute Gasteiger partial charge is 0.118 e. The lowest BCUT2D eigenvalue weighted by Crippen LogP contribution is -2.40. The maximum absolute atomic E-state index is 6.27. The van der Waals surface area contributed by atoms with Crippen molar-refractivity contribution >= 4 is 23.0 Å². The van der Waals surface area contributed by atoms with Gasteiger partial charge in [-0.1, -0.05) is 37.6 Å². The van der Waals surface area contributed by atoms with Gasteiger partial charge in [-0.2, -0.15) is 0 Å². The molecular weight excluding hydrogens is 358 g/mol. The quantitative estimate of drug-likeness (QED) is 0.698. The van der Waals surface area contributed by atoms with Crippen molar-refractivity contribution in [2.24, 2.45) is 5.92 Å². The number of hydrogen-bond donors (Lipinski definition) is 2. The maximum Gasteiger partial charge on any atom is 0.118 e. The number of anilines is 2. The fourth-order valence-corrected chi connectivity index (χ4v) is 3.89. The number of nitrogens with two attached hydrogens (primary N) is 1. The summed E-state index contributed by atoms with van der Waals surface area (Å²) in [4.78, 5) is 2.57. The molecule has 0 aromatic heterocycles. The van der Waals surface area contributed by atoms with Crippen molar-refractivity contribution in [1.29, 1.82) is 0 Å². The number of fused-ring (bicyclic) bond motifs is 1. The number of ether oxygens (including phenoxy) is 1. The normalized spacial score (nSPS) is 17.3. The Morgan fingerprint density at radius 1 is 1.26 bits per heavy atom. The Bertz CT molecular complexity index is 761. The molecule has 2 aromatic rings. The van der Waals surface area contributed by atoms with Crippen molar-refractivity contribution in [3.8, 4) is 5.75 Å². The first-order valence-electron chi connectivity index (χ1n) is 9.65. The molecule has 1 aliphatic heterocycles. The van der Waals surface area contributed by atoms with Crippen molar-refractivity contribution in [2.45, 2.75) is 39.3 Å². The second kappa shape index (κ2) is 8.85. The van der Waals surface area contributed by atoms with Gasteiger partial charge in [0.2, 0.25) is 0 Å². The zero-order valence-corrected chi connectivity index (χ0v) is 17.2. The number of benzene rings is 2. The van der Waals surface area contributed by atoms with Gasteiger partial charge in [0.25, 0.3) is 0 Å². The average Bonchev–Trinajstić information content (AvgIpc) is 2.80. The lowest BCUT2D eigenvalue weighted by atomic mass is 10.0. The van der Waals surface area contributed by atoms with E-state index in [9.17, 15) is 0 Å². The molecule has 1 unspecified atom stereocenters. The number of rotatable bonds is 6. The Morgan fingerprint density at radius 2 is 2.00 bits per heavy atom. The van der Waals surface area contributed by atoms with Gasteiger partial charge in [-0.05, 0) is 60.7 Å². The third kappa shape index (κ3) is 5.08. The Balaban J connectivity index is 1.83. The predicted molar refractivity (Wildman–Crippen MR) is 115 cm³/mol. The molecule has 0 aliphatic carbocycles. The van der Waals surface area contributed by atoms with Crippen LogP contribution in [0.15, 0.2) is 36.4 Å².